The van der Waals surface area contributed by atoms with Crippen LogP contribution in [0.2, 0.25) is 0 Å². The van der Waals surface area contributed by atoms with Gasteiger partial charge in [-0.05, 0) is 69.5 Å². The number of hydrogen-bond donors (Lipinski definition) is 1. The first-order chi connectivity index (χ1) is 12.9. The van der Waals surface area contributed by atoms with Crippen LogP contribution in [-0.2, 0) is 12.0 Å². The third-order valence-electron chi connectivity index (χ3n) is 5.95. The van der Waals surface area contributed by atoms with Gasteiger partial charge in [0.2, 0.25) is 0 Å². The summed E-state index contributed by atoms with van der Waals surface area (Å²) < 4.78 is 13.8. The molecule has 1 N–H and O–H groups in total. The third-order valence-corrected chi connectivity index (χ3v) is 5.95. The Morgan fingerprint density at radius 1 is 1.33 bits per heavy atom. The lowest BCUT2D eigenvalue weighted by Crippen LogP contribution is -2.42. The van der Waals surface area contributed by atoms with E-state index in [2.05, 4.69) is 23.7 Å². The highest BCUT2D eigenvalue weighted by Crippen LogP contribution is 2.40. The van der Waals surface area contributed by atoms with Crippen LogP contribution in [0.25, 0.3) is 0 Å². The minimum Gasteiger partial charge on any atom is -0.396 e. The van der Waals surface area contributed by atoms with Crippen molar-refractivity contribution >= 4 is 0 Å². The van der Waals surface area contributed by atoms with Crippen molar-refractivity contribution in [1.29, 1.82) is 5.26 Å². The van der Waals surface area contributed by atoms with Crippen LogP contribution in [0.3, 0.4) is 0 Å². The molecule has 1 aromatic carbocycles. The molecule has 142 valence electrons. The van der Waals surface area contributed by atoms with E-state index in [-0.39, 0.29) is 23.1 Å². The molecule has 3 rings (SSSR count). The highest BCUT2D eigenvalue weighted by Gasteiger charge is 2.43. The zero-order valence-corrected chi connectivity index (χ0v) is 16.0. The topological polar surface area (TPSA) is 60.1 Å². The Morgan fingerprint density at radius 2 is 2.15 bits per heavy atom. The normalized spacial score (nSPS) is 20.6. The van der Waals surface area contributed by atoms with Crippen LogP contribution in [0.1, 0.15) is 43.5 Å². The van der Waals surface area contributed by atoms with Crippen molar-refractivity contribution in [3.8, 4) is 6.07 Å². The van der Waals surface area contributed by atoms with Crippen molar-refractivity contribution in [2.45, 2.75) is 38.6 Å². The number of aryl methyl sites for hydroxylation is 1. The molecule has 0 aliphatic carbocycles. The van der Waals surface area contributed by atoms with Gasteiger partial charge in [-0.15, -0.1) is 0 Å². The van der Waals surface area contributed by atoms with Gasteiger partial charge in [-0.2, -0.15) is 5.26 Å². The molecule has 5 heteroatoms. The molecule has 1 saturated heterocycles. The van der Waals surface area contributed by atoms with Crippen molar-refractivity contribution in [3.63, 3.8) is 0 Å². The second kappa shape index (κ2) is 7.75. The highest BCUT2D eigenvalue weighted by atomic mass is 19.1. The molecule has 1 aliphatic rings. The lowest BCUT2D eigenvalue weighted by Gasteiger charge is -2.37. The summed E-state index contributed by atoms with van der Waals surface area (Å²) in [6.07, 6.45) is 4.18. The summed E-state index contributed by atoms with van der Waals surface area (Å²) in [5.41, 5.74) is 1.55. The summed E-state index contributed by atoms with van der Waals surface area (Å²) in [5, 5.41) is 19.0. The number of nitrogens with zero attached hydrogens (tertiary/aromatic N) is 3. The third kappa shape index (κ3) is 4.02. The maximum Gasteiger partial charge on any atom is 0.141 e. The van der Waals surface area contributed by atoms with Gasteiger partial charge in [-0.25, -0.2) is 4.39 Å². The summed E-state index contributed by atoms with van der Waals surface area (Å²) in [5.74, 6) is -0.475. The SMILES string of the molecule is CC(C)(c1ccccn1)N1CC[C@](CO)(CCc2ccc(C#N)c(F)c2)C1. The van der Waals surface area contributed by atoms with Gasteiger partial charge in [0.1, 0.15) is 11.9 Å². The number of aliphatic hydroxyl groups is 1. The summed E-state index contributed by atoms with van der Waals surface area (Å²) in [6.45, 7) is 6.12. The predicted octanol–water partition coefficient (Wildman–Crippen LogP) is 3.64. The van der Waals surface area contributed by atoms with Crippen molar-refractivity contribution in [2.75, 3.05) is 19.7 Å². The van der Waals surface area contributed by atoms with Crippen molar-refractivity contribution in [3.05, 3.63) is 65.2 Å². The smallest absolute Gasteiger partial charge is 0.141 e. The van der Waals surface area contributed by atoms with Crippen LogP contribution in [0.5, 0.6) is 0 Å². The highest BCUT2D eigenvalue weighted by molar-refractivity contribution is 5.33. The average molecular weight is 367 g/mol. The first-order valence-electron chi connectivity index (χ1n) is 9.36. The average Bonchev–Trinajstić information content (AvgIpc) is 3.13. The number of aromatic nitrogens is 1. The second-order valence-electron chi connectivity index (χ2n) is 8.03. The molecule has 0 bridgehead atoms. The first kappa shape index (κ1) is 19.5. The summed E-state index contributed by atoms with van der Waals surface area (Å²) in [4.78, 5) is 6.90. The largest absolute Gasteiger partial charge is 0.396 e. The van der Waals surface area contributed by atoms with Crippen LogP contribution in [0.4, 0.5) is 4.39 Å². The Hall–Kier alpha value is -2.29. The van der Waals surface area contributed by atoms with Crippen molar-refractivity contribution in [1.82, 2.24) is 9.88 Å². The second-order valence-corrected chi connectivity index (χ2v) is 8.03. The number of aliphatic hydroxyl groups excluding tert-OH is 1. The monoisotopic (exact) mass is 367 g/mol. The van der Waals surface area contributed by atoms with E-state index in [4.69, 9.17) is 5.26 Å². The number of nitriles is 1. The summed E-state index contributed by atoms with van der Waals surface area (Å²) >= 11 is 0. The minimum atomic E-state index is -0.475. The Bertz CT molecular complexity index is 831. The van der Waals surface area contributed by atoms with Crippen LogP contribution in [0.15, 0.2) is 42.6 Å². The maximum atomic E-state index is 13.8. The summed E-state index contributed by atoms with van der Waals surface area (Å²) in [6, 6.07) is 12.6. The zero-order chi connectivity index (χ0) is 19.5. The first-order valence-corrected chi connectivity index (χ1v) is 9.36. The molecule has 4 nitrogen and oxygen atoms in total. The van der Waals surface area contributed by atoms with Crippen molar-refractivity contribution < 1.29 is 9.50 Å². The molecule has 0 unspecified atom stereocenters. The quantitative estimate of drug-likeness (QED) is 0.847. The van der Waals surface area contributed by atoms with Gasteiger partial charge < -0.3 is 5.11 Å². The molecular weight excluding hydrogens is 341 g/mol. The van der Waals surface area contributed by atoms with E-state index in [1.807, 2.05) is 30.5 Å². The summed E-state index contributed by atoms with van der Waals surface area (Å²) in [7, 11) is 0. The van der Waals surface area contributed by atoms with Gasteiger partial charge in [0.25, 0.3) is 0 Å². The van der Waals surface area contributed by atoms with E-state index in [1.54, 1.807) is 6.07 Å². The van der Waals surface area contributed by atoms with Crippen molar-refractivity contribution in [2.24, 2.45) is 5.41 Å². The van der Waals surface area contributed by atoms with Gasteiger partial charge >= 0.3 is 0 Å². The van der Waals surface area contributed by atoms with Gasteiger partial charge in [0.05, 0.1) is 16.8 Å². The number of rotatable bonds is 6. The molecule has 27 heavy (non-hydrogen) atoms. The predicted molar refractivity (Wildman–Crippen MR) is 102 cm³/mol. The Balaban J connectivity index is 1.70. The van der Waals surface area contributed by atoms with E-state index < -0.39 is 5.82 Å². The van der Waals surface area contributed by atoms with E-state index in [0.717, 1.165) is 37.2 Å². The molecular formula is C22H26FN3O. The van der Waals surface area contributed by atoms with E-state index in [0.29, 0.717) is 6.42 Å². The van der Waals surface area contributed by atoms with E-state index in [1.165, 1.54) is 12.1 Å². The Labute approximate surface area is 160 Å². The fourth-order valence-electron chi connectivity index (χ4n) is 3.93. The lowest BCUT2D eigenvalue weighted by atomic mass is 9.81. The molecule has 0 amide bonds. The maximum absolute atomic E-state index is 13.8. The number of halogens is 1. The fraction of sp³-hybridized carbons (Fsp3) is 0.455. The molecule has 1 atom stereocenters. The molecule has 0 radical (unpaired) electrons. The Kier molecular flexibility index (Phi) is 5.59. The molecule has 1 aromatic heterocycles. The molecule has 1 fully saturated rings. The molecule has 2 heterocycles. The number of hydrogen-bond acceptors (Lipinski definition) is 4. The van der Waals surface area contributed by atoms with Crippen LogP contribution in [-0.4, -0.2) is 34.7 Å². The van der Waals surface area contributed by atoms with Gasteiger partial charge in [0.15, 0.2) is 0 Å². The fourth-order valence-corrected chi connectivity index (χ4v) is 3.93. The van der Waals surface area contributed by atoms with E-state index in [9.17, 15) is 9.50 Å². The van der Waals surface area contributed by atoms with Gasteiger partial charge in [0, 0.05) is 24.8 Å². The molecule has 0 saturated carbocycles. The van der Waals surface area contributed by atoms with Crippen LogP contribution < -0.4 is 0 Å². The Morgan fingerprint density at radius 3 is 2.78 bits per heavy atom. The molecule has 2 aromatic rings. The molecule has 0 spiro atoms. The van der Waals surface area contributed by atoms with Gasteiger partial charge in [-0.1, -0.05) is 12.1 Å². The zero-order valence-electron chi connectivity index (χ0n) is 16.0. The molecule has 1 aliphatic heterocycles. The van der Waals surface area contributed by atoms with E-state index >= 15 is 0 Å². The number of pyridine rings is 1. The lowest BCUT2D eigenvalue weighted by molar-refractivity contribution is 0.0854. The van der Waals surface area contributed by atoms with Crippen LogP contribution in [0, 0.1) is 22.6 Å². The van der Waals surface area contributed by atoms with Crippen LogP contribution >= 0.6 is 0 Å². The minimum absolute atomic E-state index is 0.0692. The van der Waals surface area contributed by atoms with Gasteiger partial charge in [-0.3, -0.25) is 9.88 Å². The number of likely N-dealkylation sites (tertiary alicyclic amines) is 1. The number of benzene rings is 1. The standard InChI is InChI=1S/C22H26FN3O/c1-21(2,20-5-3-4-11-25-20)26-12-10-22(15-26,16-27)9-8-17-6-7-18(14-24)19(23)13-17/h3-7,11,13,27H,8-10,12,15-16H2,1-2H3/t22-/m1/s1.